The number of piperidine rings is 1. The van der Waals surface area contributed by atoms with Gasteiger partial charge in [0.05, 0.1) is 0 Å². The number of carbonyl (C=O) groups excluding carboxylic acids is 1. The number of aryl methyl sites for hydroxylation is 1. The second-order valence-corrected chi connectivity index (χ2v) is 5.08. The molecule has 0 aliphatic carbocycles. The van der Waals surface area contributed by atoms with E-state index >= 15 is 0 Å². The minimum Gasteiger partial charge on any atom is -0.334 e. The van der Waals surface area contributed by atoms with Crippen molar-refractivity contribution >= 4 is 5.91 Å². The van der Waals surface area contributed by atoms with E-state index in [0.29, 0.717) is 11.7 Å². The summed E-state index contributed by atoms with van der Waals surface area (Å²) in [5, 5.41) is 7.12. The molecule has 1 aliphatic heterocycles. The Labute approximate surface area is 109 Å². The topological polar surface area (TPSA) is 49.0 Å². The first-order chi connectivity index (χ1) is 8.76. The molecule has 4 heteroatoms. The molecule has 2 heterocycles. The van der Waals surface area contributed by atoms with Gasteiger partial charge in [0.25, 0.3) is 5.91 Å². The highest BCUT2D eigenvalue weighted by molar-refractivity contribution is 5.92. The molecule has 1 aromatic heterocycles. The maximum absolute atomic E-state index is 12.4. The Morgan fingerprint density at radius 3 is 3.06 bits per heavy atom. The molecule has 1 amide bonds. The van der Waals surface area contributed by atoms with Crippen molar-refractivity contribution in [3.05, 3.63) is 17.5 Å². The van der Waals surface area contributed by atoms with E-state index in [4.69, 9.17) is 0 Å². The summed E-state index contributed by atoms with van der Waals surface area (Å²) in [5.74, 6) is 0.0974. The summed E-state index contributed by atoms with van der Waals surface area (Å²) in [5.41, 5.74) is 1.64. The highest BCUT2D eigenvalue weighted by atomic mass is 16.2. The van der Waals surface area contributed by atoms with Crippen molar-refractivity contribution < 1.29 is 4.79 Å². The molecule has 18 heavy (non-hydrogen) atoms. The van der Waals surface area contributed by atoms with Crippen LogP contribution in [-0.2, 0) is 6.42 Å². The summed E-state index contributed by atoms with van der Waals surface area (Å²) in [6.45, 7) is 5.16. The number of likely N-dealkylation sites (tertiary alicyclic amines) is 1. The Balaban J connectivity index is 2.08. The third kappa shape index (κ3) is 2.74. The van der Waals surface area contributed by atoms with E-state index in [1.54, 1.807) is 0 Å². The largest absolute Gasteiger partial charge is 0.334 e. The number of carbonyl (C=O) groups is 1. The summed E-state index contributed by atoms with van der Waals surface area (Å²) < 4.78 is 0. The molecule has 1 N–H and O–H groups in total. The van der Waals surface area contributed by atoms with Gasteiger partial charge in [-0.2, -0.15) is 5.10 Å². The number of aromatic nitrogens is 2. The number of nitrogens with one attached hydrogen (secondary N) is 1. The monoisotopic (exact) mass is 249 g/mol. The van der Waals surface area contributed by atoms with Gasteiger partial charge >= 0.3 is 0 Å². The van der Waals surface area contributed by atoms with Crippen molar-refractivity contribution in [2.75, 3.05) is 6.54 Å². The molecule has 0 radical (unpaired) electrons. The van der Waals surface area contributed by atoms with Crippen molar-refractivity contribution in [1.82, 2.24) is 15.1 Å². The maximum atomic E-state index is 12.4. The fourth-order valence-electron chi connectivity index (χ4n) is 2.71. The fraction of sp³-hybridized carbons (Fsp3) is 0.714. The number of H-pyrrole nitrogens is 1. The number of aromatic amines is 1. The SMILES string of the molecule is CCCc1cc(C(=O)N2CCCC[C@H]2CC)n[nH]1. The Bertz CT molecular complexity index is 399. The Morgan fingerprint density at radius 1 is 1.50 bits per heavy atom. The molecule has 4 nitrogen and oxygen atoms in total. The van der Waals surface area contributed by atoms with Gasteiger partial charge in [-0.3, -0.25) is 9.89 Å². The zero-order chi connectivity index (χ0) is 13.0. The van der Waals surface area contributed by atoms with Crippen molar-refractivity contribution in [3.63, 3.8) is 0 Å². The molecule has 0 bridgehead atoms. The number of nitrogens with zero attached hydrogens (tertiary/aromatic N) is 2. The lowest BCUT2D eigenvalue weighted by molar-refractivity contribution is 0.0602. The number of amides is 1. The van der Waals surface area contributed by atoms with Crippen LogP contribution >= 0.6 is 0 Å². The van der Waals surface area contributed by atoms with Gasteiger partial charge in [0.2, 0.25) is 0 Å². The van der Waals surface area contributed by atoms with Crippen LogP contribution in [0.3, 0.4) is 0 Å². The lowest BCUT2D eigenvalue weighted by Crippen LogP contribution is -2.43. The first kappa shape index (κ1) is 13.1. The van der Waals surface area contributed by atoms with E-state index in [2.05, 4.69) is 24.0 Å². The quantitative estimate of drug-likeness (QED) is 0.892. The van der Waals surface area contributed by atoms with Crippen LogP contribution in [0.2, 0.25) is 0 Å². The van der Waals surface area contributed by atoms with Crippen LogP contribution in [0.5, 0.6) is 0 Å². The molecule has 0 spiro atoms. The van der Waals surface area contributed by atoms with Gasteiger partial charge in [-0.05, 0) is 38.2 Å². The van der Waals surface area contributed by atoms with Crippen LogP contribution in [-0.4, -0.2) is 33.6 Å². The zero-order valence-electron chi connectivity index (χ0n) is 11.4. The molecule has 2 rings (SSSR count). The average molecular weight is 249 g/mol. The summed E-state index contributed by atoms with van der Waals surface area (Å²) in [7, 11) is 0. The summed E-state index contributed by atoms with van der Waals surface area (Å²) in [4.78, 5) is 14.4. The molecular weight excluding hydrogens is 226 g/mol. The lowest BCUT2D eigenvalue weighted by Gasteiger charge is -2.34. The van der Waals surface area contributed by atoms with Crippen molar-refractivity contribution in [1.29, 1.82) is 0 Å². The maximum Gasteiger partial charge on any atom is 0.274 e. The van der Waals surface area contributed by atoms with Crippen molar-refractivity contribution in [2.45, 2.75) is 58.4 Å². The van der Waals surface area contributed by atoms with Gasteiger partial charge in [0.15, 0.2) is 0 Å². The summed E-state index contributed by atoms with van der Waals surface area (Å²) in [6.07, 6.45) is 6.56. The fourth-order valence-corrected chi connectivity index (χ4v) is 2.71. The standard InChI is InChI=1S/C14H23N3O/c1-3-7-11-10-13(16-15-11)14(18)17-9-6-5-8-12(17)4-2/h10,12H,3-9H2,1-2H3,(H,15,16)/t12-/m1/s1. The van der Waals surface area contributed by atoms with Gasteiger partial charge in [-0.1, -0.05) is 20.3 Å². The van der Waals surface area contributed by atoms with Gasteiger partial charge in [-0.25, -0.2) is 0 Å². The molecule has 1 fully saturated rings. The molecule has 1 aromatic rings. The smallest absolute Gasteiger partial charge is 0.274 e. The number of rotatable bonds is 4. The number of hydrogen-bond acceptors (Lipinski definition) is 2. The van der Waals surface area contributed by atoms with Crippen LogP contribution in [0.4, 0.5) is 0 Å². The molecule has 1 aliphatic rings. The minimum absolute atomic E-state index is 0.0974. The van der Waals surface area contributed by atoms with Gasteiger partial charge < -0.3 is 4.90 Å². The highest BCUT2D eigenvalue weighted by Gasteiger charge is 2.27. The van der Waals surface area contributed by atoms with E-state index < -0.39 is 0 Å². The Morgan fingerprint density at radius 2 is 2.33 bits per heavy atom. The van der Waals surface area contributed by atoms with E-state index in [1.807, 2.05) is 11.0 Å². The molecule has 1 saturated heterocycles. The highest BCUT2D eigenvalue weighted by Crippen LogP contribution is 2.21. The average Bonchev–Trinajstić information content (AvgIpc) is 2.87. The van der Waals surface area contributed by atoms with E-state index in [1.165, 1.54) is 6.42 Å². The van der Waals surface area contributed by atoms with E-state index in [-0.39, 0.29) is 5.91 Å². The molecule has 0 saturated carbocycles. The third-order valence-corrected chi connectivity index (χ3v) is 3.73. The number of hydrogen-bond donors (Lipinski definition) is 1. The van der Waals surface area contributed by atoms with Crippen LogP contribution < -0.4 is 0 Å². The van der Waals surface area contributed by atoms with Crippen LogP contribution in [0.25, 0.3) is 0 Å². The minimum atomic E-state index is 0.0974. The molecular formula is C14H23N3O. The van der Waals surface area contributed by atoms with Crippen molar-refractivity contribution in [2.24, 2.45) is 0 Å². The van der Waals surface area contributed by atoms with Crippen LogP contribution in [0.15, 0.2) is 6.07 Å². The molecule has 0 unspecified atom stereocenters. The molecule has 100 valence electrons. The predicted molar refractivity (Wildman–Crippen MR) is 71.5 cm³/mol. The van der Waals surface area contributed by atoms with E-state index in [9.17, 15) is 4.79 Å². The van der Waals surface area contributed by atoms with Gasteiger partial charge in [0, 0.05) is 18.3 Å². The van der Waals surface area contributed by atoms with E-state index in [0.717, 1.165) is 44.3 Å². The van der Waals surface area contributed by atoms with Gasteiger partial charge in [-0.15, -0.1) is 0 Å². The third-order valence-electron chi connectivity index (χ3n) is 3.73. The second-order valence-electron chi connectivity index (χ2n) is 5.08. The molecule has 1 atom stereocenters. The first-order valence-electron chi connectivity index (χ1n) is 7.11. The van der Waals surface area contributed by atoms with Gasteiger partial charge in [0.1, 0.15) is 5.69 Å². The Hall–Kier alpha value is -1.32. The second kappa shape index (κ2) is 6.03. The summed E-state index contributed by atoms with van der Waals surface area (Å²) >= 11 is 0. The van der Waals surface area contributed by atoms with Crippen molar-refractivity contribution in [3.8, 4) is 0 Å². The first-order valence-corrected chi connectivity index (χ1v) is 7.11. The van der Waals surface area contributed by atoms with Crippen LogP contribution in [0.1, 0.15) is 62.1 Å². The summed E-state index contributed by atoms with van der Waals surface area (Å²) in [6, 6.07) is 2.31. The zero-order valence-corrected chi connectivity index (χ0v) is 11.4. The molecule has 0 aromatic carbocycles. The Kier molecular flexibility index (Phi) is 4.39. The normalized spacial score (nSPS) is 20.1. The predicted octanol–water partition coefficient (Wildman–Crippen LogP) is 2.77. The lowest BCUT2D eigenvalue weighted by atomic mass is 9.99. The van der Waals surface area contributed by atoms with Crippen LogP contribution in [0, 0.1) is 0 Å².